The second-order valence-corrected chi connectivity index (χ2v) is 5.80. The quantitative estimate of drug-likeness (QED) is 0.823. The van der Waals surface area contributed by atoms with E-state index in [0.717, 1.165) is 13.0 Å². The van der Waals surface area contributed by atoms with Crippen LogP contribution >= 0.6 is 0 Å². The lowest BCUT2D eigenvalue weighted by atomic mass is 9.98. The van der Waals surface area contributed by atoms with E-state index >= 15 is 0 Å². The van der Waals surface area contributed by atoms with Gasteiger partial charge in [-0.3, -0.25) is 4.79 Å². The van der Waals surface area contributed by atoms with Crippen LogP contribution in [0.25, 0.3) is 0 Å². The van der Waals surface area contributed by atoms with Crippen molar-refractivity contribution in [3.8, 4) is 0 Å². The SMILES string of the molecule is CCN(C(=O)N1CCC[C@@H](C(=O)O)C1)C(C)CN(C)C. The van der Waals surface area contributed by atoms with Crippen molar-refractivity contribution in [1.29, 1.82) is 0 Å². The second kappa shape index (κ2) is 7.47. The average molecular weight is 285 g/mol. The van der Waals surface area contributed by atoms with Gasteiger partial charge in [0.15, 0.2) is 0 Å². The zero-order valence-corrected chi connectivity index (χ0v) is 13.0. The first-order chi connectivity index (χ1) is 9.36. The lowest BCUT2D eigenvalue weighted by molar-refractivity contribution is -0.143. The number of likely N-dealkylation sites (tertiary alicyclic amines) is 1. The molecule has 1 heterocycles. The van der Waals surface area contributed by atoms with E-state index in [1.807, 2.05) is 32.8 Å². The maximum Gasteiger partial charge on any atom is 0.320 e. The minimum atomic E-state index is -0.799. The molecule has 1 aliphatic heterocycles. The first kappa shape index (κ1) is 16.8. The van der Waals surface area contributed by atoms with Gasteiger partial charge in [0.05, 0.1) is 5.92 Å². The van der Waals surface area contributed by atoms with Crippen LogP contribution in [0.4, 0.5) is 4.79 Å². The number of nitrogens with zero attached hydrogens (tertiary/aromatic N) is 3. The highest BCUT2D eigenvalue weighted by atomic mass is 16.4. The third kappa shape index (κ3) is 4.37. The number of amides is 2. The molecular formula is C14H27N3O3. The lowest BCUT2D eigenvalue weighted by Crippen LogP contribution is -2.53. The van der Waals surface area contributed by atoms with Crippen molar-refractivity contribution in [3.05, 3.63) is 0 Å². The van der Waals surface area contributed by atoms with Crippen molar-refractivity contribution in [2.24, 2.45) is 5.92 Å². The summed E-state index contributed by atoms with van der Waals surface area (Å²) in [5.74, 6) is -1.22. The highest BCUT2D eigenvalue weighted by molar-refractivity contribution is 5.77. The number of urea groups is 1. The number of aliphatic carboxylic acids is 1. The van der Waals surface area contributed by atoms with Crippen molar-refractivity contribution in [1.82, 2.24) is 14.7 Å². The molecule has 2 atom stereocenters. The molecule has 1 N–H and O–H groups in total. The van der Waals surface area contributed by atoms with Crippen molar-refractivity contribution in [2.45, 2.75) is 32.7 Å². The van der Waals surface area contributed by atoms with Gasteiger partial charge in [-0.05, 0) is 40.8 Å². The molecular weight excluding hydrogens is 258 g/mol. The zero-order valence-electron chi connectivity index (χ0n) is 13.0. The summed E-state index contributed by atoms with van der Waals surface area (Å²) in [5.41, 5.74) is 0. The van der Waals surface area contributed by atoms with Gasteiger partial charge in [-0.1, -0.05) is 0 Å². The fourth-order valence-corrected chi connectivity index (χ4v) is 2.80. The highest BCUT2D eigenvalue weighted by Gasteiger charge is 2.31. The average Bonchev–Trinajstić information content (AvgIpc) is 2.38. The number of piperidine rings is 1. The summed E-state index contributed by atoms with van der Waals surface area (Å²) in [5, 5.41) is 9.10. The molecule has 0 radical (unpaired) electrons. The zero-order chi connectivity index (χ0) is 15.3. The Morgan fingerprint density at radius 2 is 2.05 bits per heavy atom. The molecule has 6 heteroatoms. The van der Waals surface area contributed by atoms with Gasteiger partial charge < -0.3 is 19.8 Å². The van der Waals surface area contributed by atoms with Crippen LogP contribution in [-0.2, 0) is 4.79 Å². The first-order valence-corrected chi connectivity index (χ1v) is 7.29. The lowest BCUT2D eigenvalue weighted by Gasteiger charge is -2.38. The summed E-state index contributed by atoms with van der Waals surface area (Å²) in [6.07, 6.45) is 1.43. The minimum absolute atomic E-state index is 0.0344. The summed E-state index contributed by atoms with van der Waals surface area (Å²) in [6.45, 7) is 6.42. The Morgan fingerprint density at radius 1 is 1.40 bits per heavy atom. The molecule has 1 rings (SSSR count). The number of carboxylic acid groups (broad SMARTS) is 1. The number of carboxylic acids is 1. The Bertz CT molecular complexity index is 347. The molecule has 1 unspecified atom stereocenters. The molecule has 0 bridgehead atoms. The minimum Gasteiger partial charge on any atom is -0.481 e. The van der Waals surface area contributed by atoms with Crippen LogP contribution in [0.15, 0.2) is 0 Å². The number of rotatable bonds is 5. The van der Waals surface area contributed by atoms with E-state index in [1.54, 1.807) is 4.90 Å². The van der Waals surface area contributed by atoms with E-state index in [1.165, 1.54) is 0 Å². The summed E-state index contributed by atoms with van der Waals surface area (Å²) in [6, 6.07) is 0.0838. The molecule has 2 amide bonds. The van der Waals surface area contributed by atoms with Gasteiger partial charge in [0.1, 0.15) is 0 Å². The standard InChI is InChI=1S/C14H27N3O3/c1-5-17(11(2)9-15(3)4)14(20)16-8-6-7-12(10-16)13(18)19/h11-12H,5-10H2,1-4H3,(H,18,19)/t11?,12-/m1/s1. The largest absolute Gasteiger partial charge is 0.481 e. The summed E-state index contributed by atoms with van der Waals surface area (Å²) in [4.78, 5) is 29.2. The van der Waals surface area contributed by atoms with Crippen LogP contribution in [0, 0.1) is 5.92 Å². The molecule has 0 aromatic heterocycles. The number of hydrogen-bond acceptors (Lipinski definition) is 3. The molecule has 0 spiro atoms. The van der Waals surface area contributed by atoms with Gasteiger partial charge in [0, 0.05) is 32.2 Å². The number of hydrogen-bond donors (Lipinski definition) is 1. The molecule has 1 aliphatic rings. The second-order valence-electron chi connectivity index (χ2n) is 5.80. The van der Waals surface area contributed by atoms with Crippen molar-refractivity contribution < 1.29 is 14.7 Å². The fourth-order valence-electron chi connectivity index (χ4n) is 2.80. The Hall–Kier alpha value is -1.30. The predicted molar refractivity (Wildman–Crippen MR) is 77.7 cm³/mol. The van der Waals surface area contributed by atoms with Gasteiger partial charge in [-0.25, -0.2) is 4.79 Å². The monoisotopic (exact) mass is 285 g/mol. The number of carbonyl (C=O) groups is 2. The molecule has 0 saturated carbocycles. The van der Waals surface area contributed by atoms with Crippen molar-refractivity contribution >= 4 is 12.0 Å². The van der Waals surface area contributed by atoms with Crippen LogP contribution in [-0.4, -0.2) is 78.1 Å². The van der Waals surface area contributed by atoms with E-state index in [4.69, 9.17) is 5.11 Å². The Balaban J connectivity index is 2.68. The molecule has 20 heavy (non-hydrogen) atoms. The van der Waals surface area contributed by atoms with Crippen molar-refractivity contribution in [2.75, 3.05) is 40.3 Å². The number of carbonyl (C=O) groups excluding carboxylic acids is 1. The Labute approximate surface area is 121 Å². The topological polar surface area (TPSA) is 64.1 Å². The molecule has 6 nitrogen and oxygen atoms in total. The van der Waals surface area contributed by atoms with Crippen LogP contribution in [0.2, 0.25) is 0 Å². The van der Waals surface area contributed by atoms with Gasteiger partial charge in [-0.2, -0.15) is 0 Å². The van der Waals surface area contributed by atoms with Gasteiger partial charge in [-0.15, -0.1) is 0 Å². The van der Waals surface area contributed by atoms with Crippen LogP contribution in [0.3, 0.4) is 0 Å². The fraction of sp³-hybridized carbons (Fsp3) is 0.857. The van der Waals surface area contributed by atoms with E-state index in [9.17, 15) is 9.59 Å². The summed E-state index contributed by atoms with van der Waals surface area (Å²) in [7, 11) is 3.96. The van der Waals surface area contributed by atoms with Crippen LogP contribution < -0.4 is 0 Å². The Morgan fingerprint density at radius 3 is 2.55 bits per heavy atom. The third-order valence-corrected chi connectivity index (χ3v) is 3.79. The van der Waals surface area contributed by atoms with Gasteiger partial charge in [0.2, 0.25) is 0 Å². The Kier molecular flexibility index (Phi) is 6.26. The molecule has 0 aliphatic carbocycles. The molecule has 116 valence electrons. The predicted octanol–water partition coefficient (Wildman–Crippen LogP) is 1.18. The maximum absolute atomic E-state index is 12.6. The molecule has 1 fully saturated rings. The maximum atomic E-state index is 12.6. The van der Waals surface area contributed by atoms with E-state index in [0.29, 0.717) is 26.1 Å². The summed E-state index contributed by atoms with van der Waals surface area (Å²) >= 11 is 0. The van der Waals surface area contributed by atoms with Gasteiger partial charge >= 0.3 is 12.0 Å². The summed E-state index contributed by atoms with van der Waals surface area (Å²) < 4.78 is 0. The first-order valence-electron chi connectivity index (χ1n) is 7.29. The molecule has 1 saturated heterocycles. The smallest absolute Gasteiger partial charge is 0.320 e. The normalized spacial score (nSPS) is 20.9. The van der Waals surface area contributed by atoms with Crippen LogP contribution in [0.1, 0.15) is 26.7 Å². The third-order valence-electron chi connectivity index (χ3n) is 3.79. The molecule has 0 aromatic rings. The van der Waals surface area contributed by atoms with E-state index < -0.39 is 11.9 Å². The van der Waals surface area contributed by atoms with Crippen molar-refractivity contribution in [3.63, 3.8) is 0 Å². The van der Waals surface area contributed by atoms with Gasteiger partial charge in [0.25, 0.3) is 0 Å². The highest BCUT2D eigenvalue weighted by Crippen LogP contribution is 2.18. The van der Waals surface area contributed by atoms with E-state index in [-0.39, 0.29) is 12.1 Å². The van der Waals surface area contributed by atoms with E-state index in [2.05, 4.69) is 4.90 Å². The molecule has 0 aromatic carbocycles. The number of likely N-dealkylation sites (N-methyl/N-ethyl adjacent to an activating group) is 2. The van der Waals surface area contributed by atoms with Crippen LogP contribution in [0.5, 0.6) is 0 Å².